The summed E-state index contributed by atoms with van der Waals surface area (Å²) >= 11 is 0. The Morgan fingerprint density at radius 3 is 2.71 bits per heavy atom. The van der Waals surface area contributed by atoms with Gasteiger partial charge in [-0.3, -0.25) is 14.4 Å². The maximum atomic E-state index is 13.1. The van der Waals surface area contributed by atoms with Gasteiger partial charge >= 0.3 is 0 Å². The van der Waals surface area contributed by atoms with Crippen LogP contribution in [0.2, 0.25) is 0 Å². The molecule has 8 nitrogen and oxygen atoms in total. The molecule has 4 aromatic rings. The maximum Gasteiger partial charge on any atom is 0.265 e. The second-order valence-electron chi connectivity index (χ2n) is 6.54. The Labute approximate surface area is 162 Å². The Bertz CT molecular complexity index is 1270. The molecule has 1 aromatic carbocycles. The summed E-state index contributed by atoms with van der Waals surface area (Å²) in [7, 11) is -2.02. The van der Waals surface area contributed by atoms with Crippen LogP contribution in [0.4, 0.5) is 5.69 Å². The number of sulfonamides is 1. The lowest BCUT2D eigenvalue weighted by Crippen LogP contribution is -2.15. The molecule has 28 heavy (non-hydrogen) atoms. The van der Waals surface area contributed by atoms with E-state index in [9.17, 15) is 8.42 Å². The number of aryl methyl sites for hydroxylation is 3. The number of fused-ring (bicyclic) bond motifs is 1. The zero-order chi connectivity index (χ0) is 19.9. The summed E-state index contributed by atoms with van der Waals surface area (Å²) in [6.45, 7) is 3.85. The molecule has 3 aromatic heterocycles. The molecular weight excluding hydrogens is 376 g/mol. The van der Waals surface area contributed by atoms with Gasteiger partial charge in [0.1, 0.15) is 4.90 Å². The van der Waals surface area contributed by atoms with Gasteiger partial charge in [-0.2, -0.15) is 10.2 Å². The van der Waals surface area contributed by atoms with E-state index in [0.29, 0.717) is 12.1 Å². The lowest BCUT2D eigenvalue weighted by molar-refractivity contribution is 0.601. The second kappa shape index (κ2) is 6.75. The van der Waals surface area contributed by atoms with E-state index in [1.807, 2.05) is 32.0 Å². The highest BCUT2D eigenvalue weighted by Gasteiger charge is 2.21. The molecule has 3 heterocycles. The van der Waals surface area contributed by atoms with Crippen molar-refractivity contribution >= 4 is 26.6 Å². The first-order valence-corrected chi connectivity index (χ1v) is 10.3. The van der Waals surface area contributed by atoms with Crippen molar-refractivity contribution in [2.45, 2.75) is 25.2 Å². The molecule has 0 saturated carbocycles. The molecule has 0 aliphatic carbocycles. The number of hydrogen-bond donors (Lipinski definition) is 1. The first-order chi connectivity index (χ1) is 13.4. The average molecular weight is 396 g/mol. The third kappa shape index (κ3) is 3.13. The molecule has 144 valence electrons. The molecule has 0 spiro atoms. The summed E-state index contributed by atoms with van der Waals surface area (Å²) < 4.78 is 32.0. The number of aromatic nitrogens is 5. The standard InChI is InChI=1S/C19H20N6O2S/c1-4-14-5-6-15-10-21-24(3)19(15)18(14)23-28(26,27)17-11-22-25(12-17)16-7-8-20-13(2)9-16/h5-12,23H,4H2,1-3H3. The van der Waals surface area contributed by atoms with Gasteiger partial charge in [-0.15, -0.1) is 0 Å². The van der Waals surface area contributed by atoms with Crippen LogP contribution >= 0.6 is 0 Å². The van der Waals surface area contributed by atoms with Crippen LogP contribution in [0.5, 0.6) is 0 Å². The molecule has 0 unspecified atom stereocenters. The van der Waals surface area contributed by atoms with Crippen molar-refractivity contribution in [3.8, 4) is 5.69 Å². The van der Waals surface area contributed by atoms with Gasteiger partial charge in [0.25, 0.3) is 10.0 Å². The summed E-state index contributed by atoms with van der Waals surface area (Å²) in [6.07, 6.45) is 6.90. The summed E-state index contributed by atoms with van der Waals surface area (Å²) in [5, 5.41) is 9.32. The number of pyridine rings is 1. The first-order valence-electron chi connectivity index (χ1n) is 8.83. The summed E-state index contributed by atoms with van der Waals surface area (Å²) in [5.41, 5.74) is 3.77. The van der Waals surface area contributed by atoms with E-state index in [0.717, 1.165) is 27.8 Å². The van der Waals surface area contributed by atoms with Crippen LogP contribution in [0.25, 0.3) is 16.6 Å². The fourth-order valence-electron chi connectivity index (χ4n) is 3.17. The number of rotatable bonds is 5. The zero-order valence-corrected chi connectivity index (χ0v) is 16.6. The van der Waals surface area contributed by atoms with E-state index in [4.69, 9.17) is 0 Å². The highest BCUT2D eigenvalue weighted by atomic mass is 32.2. The quantitative estimate of drug-likeness (QED) is 0.560. The molecule has 9 heteroatoms. The highest BCUT2D eigenvalue weighted by molar-refractivity contribution is 7.92. The minimum atomic E-state index is -3.82. The molecular formula is C19H20N6O2S. The SMILES string of the molecule is CCc1ccc2cnn(C)c2c1NS(=O)(=O)c1cnn(-c2ccnc(C)c2)c1. The molecule has 0 aliphatic rings. The van der Waals surface area contributed by atoms with E-state index in [1.165, 1.54) is 17.1 Å². The smallest absolute Gasteiger partial charge is 0.265 e. The fourth-order valence-corrected chi connectivity index (χ4v) is 4.21. The van der Waals surface area contributed by atoms with Gasteiger partial charge < -0.3 is 0 Å². The minimum Gasteiger partial charge on any atom is -0.277 e. The van der Waals surface area contributed by atoms with Crippen LogP contribution in [-0.2, 0) is 23.5 Å². The number of nitrogens with zero attached hydrogens (tertiary/aromatic N) is 5. The van der Waals surface area contributed by atoms with Crippen LogP contribution in [0, 0.1) is 6.92 Å². The number of benzene rings is 1. The number of hydrogen-bond acceptors (Lipinski definition) is 5. The predicted octanol–water partition coefficient (Wildman–Crippen LogP) is 2.83. The van der Waals surface area contributed by atoms with E-state index in [-0.39, 0.29) is 4.90 Å². The van der Waals surface area contributed by atoms with E-state index < -0.39 is 10.0 Å². The van der Waals surface area contributed by atoms with E-state index in [1.54, 1.807) is 30.2 Å². The Balaban J connectivity index is 1.75. The van der Waals surface area contributed by atoms with Gasteiger partial charge in [0.15, 0.2) is 0 Å². The molecule has 0 saturated heterocycles. The molecule has 0 amide bonds. The lowest BCUT2D eigenvalue weighted by Gasteiger charge is -2.13. The fraction of sp³-hybridized carbons (Fsp3) is 0.211. The second-order valence-corrected chi connectivity index (χ2v) is 8.22. The minimum absolute atomic E-state index is 0.0863. The molecule has 0 bridgehead atoms. The van der Waals surface area contributed by atoms with Gasteiger partial charge in [0.05, 0.1) is 35.5 Å². The van der Waals surface area contributed by atoms with Crippen LogP contribution in [0.3, 0.4) is 0 Å². The molecule has 0 fully saturated rings. The van der Waals surface area contributed by atoms with Crippen molar-refractivity contribution in [2.75, 3.05) is 4.72 Å². The maximum absolute atomic E-state index is 13.1. The zero-order valence-electron chi connectivity index (χ0n) is 15.8. The van der Waals surface area contributed by atoms with Gasteiger partial charge in [-0.25, -0.2) is 13.1 Å². The van der Waals surface area contributed by atoms with Crippen LogP contribution < -0.4 is 4.72 Å². The average Bonchev–Trinajstić information content (AvgIpc) is 3.30. The third-order valence-electron chi connectivity index (χ3n) is 4.62. The van der Waals surface area contributed by atoms with Crippen molar-refractivity contribution < 1.29 is 8.42 Å². The monoisotopic (exact) mass is 396 g/mol. The summed E-state index contributed by atoms with van der Waals surface area (Å²) in [5.74, 6) is 0. The molecule has 0 radical (unpaired) electrons. The van der Waals surface area contributed by atoms with Gasteiger partial charge in [0, 0.05) is 24.3 Å². The summed E-state index contributed by atoms with van der Waals surface area (Å²) in [4.78, 5) is 4.23. The Kier molecular flexibility index (Phi) is 4.38. The van der Waals surface area contributed by atoms with Crippen molar-refractivity contribution in [1.29, 1.82) is 0 Å². The van der Waals surface area contributed by atoms with Crippen molar-refractivity contribution in [1.82, 2.24) is 24.5 Å². The first kappa shape index (κ1) is 18.2. The molecule has 4 rings (SSSR count). The Hall–Kier alpha value is -3.20. The topological polar surface area (TPSA) is 94.7 Å². The summed E-state index contributed by atoms with van der Waals surface area (Å²) in [6, 6.07) is 7.48. The van der Waals surface area contributed by atoms with Gasteiger partial charge in [0.2, 0.25) is 0 Å². The van der Waals surface area contributed by atoms with Gasteiger partial charge in [-0.1, -0.05) is 19.1 Å². The van der Waals surface area contributed by atoms with Crippen molar-refractivity contribution in [3.05, 3.63) is 60.3 Å². The largest absolute Gasteiger partial charge is 0.277 e. The van der Waals surface area contributed by atoms with Gasteiger partial charge in [-0.05, 0) is 31.0 Å². The normalized spacial score (nSPS) is 11.8. The van der Waals surface area contributed by atoms with Crippen LogP contribution in [-0.4, -0.2) is 33.0 Å². The highest BCUT2D eigenvalue weighted by Crippen LogP contribution is 2.30. The number of nitrogens with one attached hydrogen (secondary N) is 1. The predicted molar refractivity (Wildman–Crippen MR) is 107 cm³/mol. The van der Waals surface area contributed by atoms with Crippen LogP contribution in [0.15, 0.2) is 53.9 Å². The van der Waals surface area contributed by atoms with E-state index >= 15 is 0 Å². The molecule has 0 atom stereocenters. The van der Waals surface area contributed by atoms with Crippen LogP contribution in [0.1, 0.15) is 18.2 Å². The third-order valence-corrected chi connectivity index (χ3v) is 5.92. The lowest BCUT2D eigenvalue weighted by atomic mass is 10.1. The van der Waals surface area contributed by atoms with E-state index in [2.05, 4.69) is 19.9 Å². The Morgan fingerprint density at radius 2 is 1.96 bits per heavy atom. The van der Waals surface area contributed by atoms with Crippen molar-refractivity contribution in [2.24, 2.45) is 7.05 Å². The molecule has 1 N–H and O–H groups in total. The number of anilines is 1. The van der Waals surface area contributed by atoms with Crippen molar-refractivity contribution in [3.63, 3.8) is 0 Å². The Morgan fingerprint density at radius 1 is 1.14 bits per heavy atom. The molecule has 0 aliphatic heterocycles.